The number of likely N-dealkylation sites (tertiary alicyclic amines) is 1. The Kier molecular flexibility index (Phi) is 12.4. The molecule has 166 valence electrons. The van der Waals surface area contributed by atoms with Gasteiger partial charge in [0.15, 0.2) is 17.5 Å². The lowest BCUT2D eigenvalue weighted by molar-refractivity contribution is 0.182. The van der Waals surface area contributed by atoms with Crippen LogP contribution < -0.4 is 14.8 Å². The number of nitrogens with zero attached hydrogens (tertiary/aromatic N) is 3. The number of methoxy groups -OCH3 is 2. The number of aliphatic imine (C=N–C) groups is 1. The lowest BCUT2D eigenvalue weighted by atomic mass is 10.0. The Labute approximate surface area is 194 Å². The second kappa shape index (κ2) is 13.9. The molecule has 7 heteroatoms. The Bertz CT molecular complexity index is 627. The second-order valence-corrected chi connectivity index (χ2v) is 7.74. The van der Waals surface area contributed by atoms with Gasteiger partial charge < -0.3 is 24.6 Å². The number of rotatable bonds is 9. The van der Waals surface area contributed by atoms with E-state index in [-0.39, 0.29) is 24.0 Å². The molecule has 0 bridgehead atoms. The van der Waals surface area contributed by atoms with Gasteiger partial charge in [0.2, 0.25) is 0 Å². The molecular formula is C22H39IN4O2. The van der Waals surface area contributed by atoms with Gasteiger partial charge in [-0.1, -0.05) is 13.0 Å². The van der Waals surface area contributed by atoms with Crippen LogP contribution in [-0.4, -0.2) is 76.8 Å². The van der Waals surface area contributed by atoms with Crippen LogP contribution in [0.15, 0.2) is 23.2 Å². The van der Waals surface area contributed by atoms with E-state index in [4.69, 9.17) is 9.47 Å². The van der Waals surface area contributed by atoms with Crippen LogP contribution in [0.4, 0.5) is 0 Å². The molecule has 2 rings (SSSR count). The lowest BCUT2D eigenvalue weighted by Gasteiger charge is -2.31. The third kappa shape index (κ3) is 8.58. The van der Waals surface area contributed by atoms with Crippen LogP contribution in [0.2, 0.25) is 0 Å². The summed E-state index contributed by atoms with van der Waals surface area (Å²) >= 11 is 0. The van der Waals surface area contributed by atoms with Gasteiger partial charge >= 0.3 is 0 Å². The molecule has 1 aliphatic heterocycles. The Morgan fingerprint density at radius 1 is 1.28 bits per heavy atom. The summed E-state index contributed by atoms with van der Waals surface area (Å²) < 4.78 is 10.7. The van der Waals surface area contributed by atoms with Crippen molar-refractivity contribution in [2.24, 2.45) is 10.9 Å². The summed E-state index contributed by atoms with van der Waals surface area (Å²) in [6.45, 7) is 7.88. The Morgan fingerprint density at radius 2 is 2.03 bits per heavy atom. The first-order valence-corrected chi connectivity index (χ1v) is 10.4. The van der Waals surface area contributed by atoms with Crippen LogP contribution in [0.25, 0.3) is 0 Å². The maximum atomic E-state index is 5.40. The van der Waals surface area contributed by atoms with E-state index in [1.54, 1.807) is 14.2 Å². The molecule has 1 aliphatic rings. The number of piperidine rings is 1. The van der Waals surface area contributed by atoms with Crippen LogP contribution in [0, 0.1) is 5.92 Å². The molecule has 29 heavy (non-hydrogen) atoms. The first kappa shape index (κ1) is 25.8. The van der Waals surface area contributed by atoms with Gasteiger partial charge in [-0.2, -0.15) is 0 Å². The van der Waals surface area contributed by atoms with Crippen molar-refractivity contribution in [3.05, 3.63) is 23.8 Å². The van der Waals surface area contributed by atoms with E-state index in [2.05, 4.69) is 40.1 Å². The monoisotopic (exact) mass is 518 g/mol. The number of ether oxygens (including phenoxy) is 2. The average Bonchev–Trinajstić information content (AvgIpc) is 2.71. The molecule has 0 saturated carbocycles. The first-order valence-electron chi connectivity index (χ1n) is 10.4. The molecule has 1 heterocycles. The van der Waals surface area contributed by atoms with Gasteiger partial charge in [-0.25, -0.2) is 0 Å². The predicted octanol–water partition coefficient (Wildman–Crippen LogP) is 3.49. The molecule has 1 saturated heterocycles. The number of hydrogen-bond donors (Lipinski definition) is 1. The van der Waals surface area contributed by atoms with Crippen LogP contribution in [0.5, 0.6) is 11.5 Å². The summed E-state index contributed by atoms with van der Waals surface area (Å²) in [6.07, 6.45) is 4.79. The number of likely N-dealkylation sites (N-methyl/N-ethyl adjacent to an activating group) is 1. The molecule has 0 aliphatic carbocycles. The SMILES string of the molecule is CN=C(NCCCN1CCCC(C)C1)N(C)CCc1ccc(OC)c(OC)c1.I. The van der Waals surface area contributed by atoms with Gasteiger partial charge in [0.25, 0.3) is 0 Å². The van der Waals surface area contributed by atoms with Crippen molar-refractivity contribution in [3.8, 4) is 11.5 Å². The number of guanidine groups is 1. The van der Waals surface area contributed by atoms with Crippen molar-refractivity contribution < 1.29 is 9.47 Å². The quantitative estimate of drug-likeness (QED) is 0.235. The minimum Gasteiger partial charge on any atom is -0.493 e. The van der Waals surface area contributed by atoms with E-state index >= 15 is 0 Å². The number of halogens is 1. The Morgan fingerprint density at radius 3 is 2.69 bits per heavy atom. The van der Waals surface area contributed by atoms with Gasteiger partial charge in [0.1, 0.15) is 0 Å². The zero-order valence-corrected chi connectivity index (χ0v) is 21.1. The normalized spacial score (nSPS) is 17.4. The molecule has 1 unspecified atom stereocenters. The second-order valence-electron chi connectivity index (χ2n) is 7.74. The minimum absolute atomic E-state index is 0. The molecule has 1 aromatic rings. The maximum absolute atomic E-state index is 5.40. The highest BCUT2D eigenvalue weighted by molar-refractivity contribution is 14.0. The summed E-state index contributed by atoms with van der Waals surface area (Å²) in [4.78, 5) is 9.21. The number of benzene rings is 1. The van der Waals surface area contributed by atoms with E-state index < -0.39 is 0 Å². The van der Waals surface area contributed by atoms with Gasteiger partial charge in [0, 0.05) is 33.7 Å². The standard InChI is InChI=1S/C22H38N4O2.HI/c1-18-8-6-13-26(17-18)14-7-12-24-22(23-2)25(3)15-11-19-9-10-20(27-4)21(16-19)28-5;/h9-10,16,18H,6-8,11-15,17H2,1-5H3,(H,23,24);1H. The molecule has 1 aromatic carbocycles. The van der Waals surface area contributed by atoms with Crippen LogP contribution in [-0.2, 0) is 6.42 Å². The van der Waals surface area contributed by atoms with E-state index in [1.165, 1.54) is 38.0 Å². The number of nitrogens with one attached hydrogen (secondary N) is 1. The van der Waals surface area contributed by atoms with Crippen LogP contribution in [0.3, 0.4) is 0 Å². The highest BCUT2D eigenvalue weighted by Crippen LogP contribution is 2.27. The molecule has 0 aromatic heterocycles. The molecule has 1 fully saturated rings. The predicted molar refractivity (Wildman–Crippen MR) is 132 cm³/mol. The first-order chi connectivity index (χ1) is 13.6. The fraction of sp³-hybridized carbons (Fsp3) is 0.682. The van der Waals surface area contributed by atoms with Crippen molar-refractivity contribution in [1.82, 2.24) is 15.1 Å². The van der Waals surface area contributed by atoms with E-state index in [1.807, 2.05) is 19.2 Å². The summed E-state index contributed by atoms with van der Waals surface area (Å²) in [5.74, 6) is 3.34. The zero-order chi connectivity index (χ0) is 20.4. The summed E-state index contributed by atoms with van der Waals surface area (Å²) in [6, 6.07) is 6.09. The van der Waals surface area contributed by atoms with Crippen LogP contribution >= 0.6 is 24.0 Å². The van der Waals surface area contributed by atoms with E-state index in [9.17, 15) is 0 Å². The van der Waals surface area contributed by atoms with Crippen molar-refractivity contribution in [2.75, 3.05) is 61.0 Å². The summed E-state index contributed by atoms with van der Waals surface area (Å²) in [7, 11) is 7.26. The molecular weight excluding hydrogens is 479 g/mol. The topological polar surface area (TPSA) is 49.3 Å². The van der Waals surface area contributed by atoms with Crippen molar-refractivity contribution >= 4 is 29.9 Å². The fourth-order valence-corrected chi connectivity index (χ4v) is 3.82. The highest BCUT2D eigenvalue weighted by Gasteiger charge is 2.15. The average molecular weight is 518 g/mol. The number of hydrogen-bond acceptors (Lipinski definition) is 4. The third-order valence-corrected chi connectivity index (χ3v) is 5.43. The van der Waals surface area contributed by atoms with E-state index in [0.29, 0.717) is 0 Å². The highest BCUT2D eigenvalue weighted by atomic mass is 127. The Hall–Kier alpha value is -1.22. The third-order valence-electron chi connectivity index (χ3n) is 5.43. The maximum Gasteiger partial charge on any atom is 0.193 e. The molecule has 0 spiro atoms. The minimum atomic E-state index is 0. The van der Waals surface area contributed by atoms with Crippen molar-refractivity contribution in [2.45, 2.75) is 32.6 Å². The smallest absolute Gasteiger partial charge is 0.193 e. The zero-order valence-electron chi connectivity index (χ0n) is 18.7. The Balaban J connectivity index is 0.00000420. The van der Waals surface area contributed by atoms with Crippen molar-refractivity contribution in [1.29, 1.82) is 0 Å². The summed E-state index contributed by atoms with van der Waals surface area (Å²) in [5.41, 5.74) is 1.22. The van der Waals surface area contributed by atoms with Crippen LogP contribution in [0.1, 0.15) is 31.7 Å². The van der Waals surface area contributed by atoms with Gasteiger partial charge in [-0.15, -0.1) is 24.0 Å². The molecule has 0 radical (unpaired) electrons. The molecule has 1 N–H and O–H groups in total. The molecule has 6 nitrogen and oxygen atoms in total. The van der Waals surface area contributed by atoms with Gasteiger partial charge in [-0.05, 0) is 62.4 Å². The lowest BCUT2D eigenvalue weighted by Crippen LogP contribution is -2.41. The van der Waals surface area contributed by atoms with Gasteiger partial charge in [-0.3, -0.25) is 4.99 Å². The van der Waals surface area contributed by atoms with Crippen molar-refractivity contribution in [3.63, 3.8) is 0 Å². The molecule has 0 amide bonds. The molecule has 1 atom stereocenters. The van der Waals surface area contributed by atoms with E-state index in [0.717, 1.165) is 49.3 Å². The van der Waals surface area contributed by atoms with Gasteiger partial charge in [0.05, 0.1) is 14.2 Å². The summed E-state index contributed by atoms with van der Waals surface area (Å²) in [5, 5.41) is 3.50. The fourth-order valence-electron chi connectivity index (χ4n) is 3.82. The largest absolute Gasteiger partial charge is 0.493 e.